The lowest BCUT2D eigenvalue weighted by Crippen LogP contribution is -2.41. The van der Waals surface area contributed by atoms with Crippen LogP contribution < -0.4 is 10.5 Å². The Labute approximate surface area is 127 Å². The van der Waals surface area contributed by atoms with Crippen LogP contribution in [0.25, 0.3) is 0 Å². The molecule has 0 spiro atoms. The Kier molecular flexibility index (Phi) is 4.90. The second-order valence-electron chi connectivity index (χ2n) is 4.77. The first-order valence-corrected chi connectivity index (χ1v) is 6.97. The van der Waals surface area contributed by atoms with Gasteiger partial charge in [-0.1, -0.05) is 11.6 Å². The largest absolute Gasteiger partial charge is 0.496 e. The van der Waals surface area contributed by atoms with Gasteiger partial charge in [0, 0.05) is 11.6 Å². The van der Waals surface area contributed by atoms with Crippen molar-refractivity contribution < 1.29 is 19.1 Å². The number of halogens is 1. The lowest BCUT2D eigenvalue weighted by Gasteiger charge is -2.22. The third kappa shape index (κ3) is 3.58. The van der Waals surface area contributed by atoms with Crippen LogP contribution in [0.3, 0.4) is 0 Å². The van der Waals surface area contributed by atoms with E-state index < -0.39 is 12.0 Å². The number of methoxy groups -OCH3 is 1. The number of benzene rings is 1. The van der Waals surface area contributed by atoms with Crippen LogP contribution in [0.15, 0.2) is 18.2 Å². The molecule has 2 rings (SSSR count). The van der Waals surface area contributed by atoms with Gasteiger partial charge >= 0.3 is 12.0 Å². The second-order valence-corrected chi connectivity index (χ2v) is 5.21. The maximum absolute atomic E-state index is 12.1. The number of carbonyl (C=O) groups is 2. The van der Waals surface area contributed by atoms with Crippen molar-refractivity contribution in [2.75, 3.05) is 20.3 Å². The molecule has 1 aliphatic heterocycles. The molecular weight excluding hydrogens is 296 g/mol. The topological polar surface area (TPSA) is 81.9 Å². The molecule has 0 aliphatic carbocycles. The molecule has 0 radical (unpaired) electrons. The van der Waals surface area contributed by atoms with Crippen molar-refractivity contribution in [1.82, 2.24) is 4.90 Å². The van der Waals surface area contributed by atoms with Gasteiger partial charge < -0.3 is 20.1 Å². The average molecular weight is 313 g/mol. The molecule has 0 unspecified atom stereocenters. The van der Waals surface area contributed by atoms with Gasteiger partial charge in [0.2, 0.25) is 0 Å². The van der Waals surface area contributed by atoms with Gasteiger partial charge in [-0.05, 0) is 31.0 Å². The van der Waals surface area contributed by atoms with Crippen LogP contribution in [0.2, 0.25) is 5.02 Å². The third-order valence-corrected chi connectivity index (χ3v) is 3.69. The second kappa shape index (κ2) is 6.67. The molecule has 7 heteroatoms. The summed E-state index contributed by atoms with van der Waals surface area (Å²) < 4.78 is 10.4. The van der Waals surface area contributed by atoms with E-state index >= 15 is 0 Å². The molecule has 0 aromatic heterocycles. The van der Waals surface area contributed by atoms with E-state index in [1.54, 1.807) is 18.2 Å². The minimum atomic E-state index is -0.514. The summed E-state index contributed by atoms with van der Waals surface area (Å²) in [6.07, 6.45) is 1.63. The summed E-state index contributed by atoms with van der Waals surface area (Å²) in [7, 11) is 1.45. The van der Waals surface area contributed by atoms with Crippen molar-refractivity contribution >= 4 is 23.6 Å². The van der Waals surface area contributed by atoms with Gasteiger partial charge in [0.15, 0.2) is 0 Å². The first-order chi connectivity index (χ1) is 10.0. The number of esters is 1. The first-order valence-electron chi connectivity index (χ1n) is 6.59. The number of ether oxygens (including phenoxy) is 2. The van der Waals surface area contributed by atoms with Crippen molar-refractivity contribution in [1.29, 1.82) is 0 Å². The molecule has 1 fully saturated rings. The normalized spacial score (nSPS) is 17.6. The molecule has 6 nitrogen and oxygen atoms in total. The highest BCUT2D eigenvalue weighted by Crippen LogP contribution is 2.24. The summed E-state index contributed by atoms with van der Waals surface area (Å²) in [4.78, 5) is 24.8. The fraction of sp³-hybridized carbons (Fsp3) is 0.429. The van der Waals surface area contributed by atoms with Gasteiger partial charge in [0.1, 0.15) is 17.9 Å². The van der Waals surface area contributed by atoms with Gasteiger partial charge in [-0.3, -0.25) is 0 Å². The molecule has 1 aromatic carbocycles. The number of amides is 2. The maximum Gasteiger partial charge on any atom is 0.341 e. The summed E-state index contributed by atoms with van der Waals surface area (Å²) in [5.41, 5.74) is 5.58. The highest BCUT2D eigenvalue weighted by Gasteiger charge is 2.28. The van der Waals surface area contributed by atoms with Crippen LogP contribution in [0, 0.1) is 0 Å². The first kappa shape index (κ1) is 15.4. The molecule has 1 saturated heterocycles. The molecule has 2 amide bonds. The molecule has 1 atom stereocenters. The van der Waals surface area contributed by atoms with Crippen molar-refractivity contribution in [3.8, 4) is 5.75 Å². The van der Waals surface area contributed by atoms with Crippen molar-refractivity contribution in [2.24, 2.45) is 5.73 Å². The molecule has 0 saturated carbocycles. The number of rotatable bonds is 4. The van der Waals surface area contributed by atoms with Crippen molar-refractivity contribution in [2.45, 2.75) is 18.9 Å². The van der Waals surface area contributed by atoms with E-state index in [-0.39, 0.29) is 12.6 Å². The average Bonchev–Trinajstić information content (AvgIpc) is 2.93. The summed E-state index contributed by atoms with van der Waals surface area (Å²) >= 11 is 5.84. The van der Waals surface area contributed by atoms with E-state index in [1.807, 2.05) is 0 Å². The van der Waals surface area contributed by atoms with Gasteiger partial charge in [0.25, 0.3) is 0 Å². The Bertz CT molecular complexity index is 550. The fourth-order valence-corrected chi connectivity index (χ4v) is 2.54. The highest BCUT2D eigenvalue weighted by atomic mass is 35.5. The monoisotopic (exact) mass is 312 g/mol. The number of primary amides is 1. The number of carbonyl (C=O) groups excluding carboxylic acids is 2. The van der Waals surface area contributed by atoms with Gasteiger partial charge in [0.05, 0.1) is 13.2 Å². The van der Waals surface area contributed by atoms with E-state index in [0.29, 0.717) is 22.9 Å². The zero-order valence-electron chi connectivity index (χ0n) is 11.7. The quantitative estimate of drug-likeness (QED) is 0.863. The van der Waals surface area contributed by atoms with Crippen LogP contribution in [0.1, 0.15) is 23.2 Å². The van der Waals surface area contributed by atoms with Crippen LogP contribution in [-0.2, 0) is 4.74 Å². The molecular formula is C14H17ClN2O4. The molecule has 1 aliphatic rings. The van der Waals surface area contributed by atoms with Crippen molar-refractivity contribution in [3.05, 3.63) is 28.8 Å². The van der Waals surface area contributed by atoms with E-state index in [1.165, 1.54) is 12.0 Å². The Balaban J connectivity index is 2.00. The number of likely N-dealkylation sites (tertiary alicyclic amines) is 1. The maximum atomic E-state index is 12.1. The number of nitrogens with two attached hydrogens (primary N) is 1. The highest BCUT2D eigenvalue weighted by molar-refractivity contribution is 6.30. The van der Waals surface area contributed by atoms with Gasteiger partial charge in [-0.15, -0.1) is 0 Å². The fourth-order valence-electron chi connectivity index (χ4n) is 2.38. The number of hydrogen-bond acceptors (Lipinski definition) is 4. The van der Waals surface area contributed by atoms with Crippen LogP contribution in [-0.4, -0.2) is 43.2 Å². The number of hydrogen-bond donors (Lipinski definition) is 1. The van der Waals surface area contributed by atoms with E-state index in [0.717, 1.165) is 12.8 Å². The number of urea groups is 1. The lowest BCUT2D eigenvalue weighted by molar-refractivity contribution is 0.0418. The summed E-state index contributed by atoms with van der Waals surface area (Å²) in [6.45, 7) is 0.718. The van der Waals surface area contributed by atoms with E-state index in [4.69, 9.17) is 26.8 Å². The Morgan fingerprint density at radius 2 is 2.24 bits per heavy atom. The van der Waals surface area contributed by atoms with Crippen LogP contribution >= 0.6 is 11.6 Å². The predicted molar refractivity (Wildman–Crippen MR) is 77.6 cm³/mol. The molecule has 0 bridgehead atoms. The molecule has 2 N–H and O–H groups in total. The zero-order chi connectivity index (χ0) is 15.4. The van der Waals surface area contributed by atoms with Crippen LogP contribution in [0.4, 0.5) is 4.79 Å². The third-order valence-electron chi connectivity index (χ3n) is 3.45. The Hall–Kier alpha value is -1.95. The summed E-state index contributed by atoms with van der Waals surface area (Å²) in [5, 5.41) is 0.471. The van der Waals surface area contributed by atoms with Crippen molar-refractivity contribution in [3.63, 3.8) is 0 Å². The smallest absolute Gasteiger partial charge is 0.341 e. The summed E-state index contributed by atoms with van der Waals surface area (Å²) in [5.74, 6) is -0.162. The number of nitrogens with zero attached hydrogens (tertiary/aromatic N) is 1. The van der Waals surface area contributed by atoms with Gasteiger partial charge in [-0.2, -0.15) is 0 Å². The predicted octanol–water partition coefficient (Wildman–Crippen LogP) is 2.05. The minimum absolute atomic E-state index is 0.119. The molecule has 21 heavy (non-hydrogen) atoms. The Morgan fingerprint density at radius 1 is 1.48 bits per heavy atom. The summed E-state index contributed by atoms with van der Waals surface area (Å²) in [6, 6.07) is 4.03. The zero-order valence-corrected chi connectivity index (χ0v) is 12.4. The van der Waals surface area contributed by atoms with E-state index in [2.05, 4.69) is 0 Å². The Morgan fingerprint density at radius 3 is 2.90 bits per heavy atom. The van der Waals surface area contributed by atoms with Gasteiger partial charge in [-0.25, -0.2) is 9.59 Å². The standard InChI is InChI=1S/C14H17ClN2O4/c1-20-12-7-9(15)4-5-11(12)13(18)21-8-10-3-2-6-17(10)14(16)19/h4-5,7,10H,2-3,6,8H2,1H3,(H2,16,19)/t10-/m1/s1. The lowest BCUT2D eigenvalue weighted by atomic mass is 10.2. The minimum Gasteiger partial charge on any atom is -0.496 e. The SMILES string of the molecule is COc1cc(Cl)ccc1C(=O)OC[C@H]1CCCN1C(N)=O. The molecule has 1 heterocycles. The van der Waals surface area contributed by atoms with Crippen LogP contribution in [0.5, 0.6) is 5.75 Å². The molecule has 1 aromatic rings. The van der Waals surface area contributed by atoms with E-state index in [9.17, 15) is 9.59 Å². The molecule has 114 valence electrons.